The van der Waals surface area contributed by atoms with E-state index in [1.165, 1.54) is 13.3 Å². The second-order valence-corrected chi connectivity index (χ2v) is 5.19. The number of rotatable bonds is 5. The molecule has 0 fully saturated rings. The molecule has 0 aliphatic rings. The van der Waals surface area contributed by atoms with Crippen molar-refractivity contribution in [2.45, 2.75) is 6.54 Å². The summed E-state index contributed by atoms with van der Waals surface area (Å²) in [5, 5.41) is 6.76. The number of carbonyl (C=O) groups is 2. The molecule has 0 aliphatic carbocycles. The van der Waals surface area contributed by atoms with Crippen LogP contribution in [-0.4, -0.2) is 25.1 Å². The lowest BCUT2D eigenvalue weighted by Gasteiger charge is -2.05. The minimum atomic E-state index is -0.858. The van der Waals surface area contributed by atoms with Gasteiger partial charge in [0.25, 0.3) is 0 Å². The van der Waals surface area contributed by atoms with E-state index in [0.717, 1.165) is 5.56 Å². The molecule has 0 saturated heterocycles. The topological polar surface area (TPSA) is 79.8 Å². The van der Waals surface area contributed by atoms with Gasteiger partial charge in [0.1, 0.15) is 5.75 Å². The van der Waals surface area contributed by atoms with Crippen molar-refractivity contribution in [2.24, 2.45) is 5.10 Å². The normalized spacial score (nSPS) is 10.4. The molecular weight excluding hydrogens is 330 g/mol. The summed E-state index contributed by atoms with van der Waals surface area (Å²) < 4.78 is 5.15. The van der Waals surface area contributed by atoms with Crippen molar-refractivity contribution in [1.29, 1.82) is 0 Å². The van der Waals surface area contributed by atoms with Gasteiger partial charge in [-0.2, -0.15) is 5.10 Å². The fourth-order valence-electron chi connectivity index (χ4n) is 1.88. The van der Waals surface area contributed by atoms with Crippen molar-refractivity contribution in [2.75, 3.05) is 7.11 Å². The highest BCUT2D eigenvalue weighted by atomic mass is 35.5. The Bertz CT molecular complexity index is 748. The molecule has 7 heteroatoms. The van der Waals surface area contributed by atoms with Gasteiger partial charge in [-0.1, -0.05) is 41.9 Å². The first-order chi connectivity index (χ1) is 11.6. The third kappa shape index (κ3) is 5.10. The Balaban J connectivity index is 1.88. The third-order valence-corrected chi connectivity index (χ3v) is 3.30. The first-order valence-corrected chi connectivity index (χ1v) is 7.46. The molecular formula is C17H16ClN3O3. The fraction of sp³-hybridized carbons (Fsp3) is 0.118. The molecule has 2 aromatic carbocycles. The lowest BCUT2D eigenvalue weighted by molar-refractivity contribution is -0.139. The average Bonchev–Trinajstić information content (AvgIpc) is 2.60. The molecule has 2 rings (SSSR count). The van der Waals surface area contributed by atoms with Crippen LogP contribution in [0.2, 0.25) is 5.02 Å². The smallest absolute Gasteiger partial charge is 0.329 e. The van der Waals surface area contributed by atoms with E-state index >= 15 is 0 Å². The van der Waals surface area contributed by atoms with E-state index in [2.05, 4.69) is 15.8 Å². The first-order valence-electron chi connectivity index (χ1n) is 7.09. The molecule has 0 heterocycles. The average molecular weight is 346 g/mol. The van der Waals surface area contributed by atoms with Gasteiger partial charge in [0.2, 0.25) is 0 Å². The molecule has 0 saturated carbocycles. The Morgan fingerprint density at radius 1 is 1.17 bits per heavy atom. The van der Waals surface area contributed by atoms with Gasteiger partial charge >= 0.3 is 11.8 Å². The molecule has 2 amide bonds. The van der Waals surface area contributed by atoms with Gasteiger partial charge in [-0.3, -0.25) is 9.59 Å². The van der Waals surface area contributed by atoms with Crippen LogP contribution in [0.1, 0.15) is 11.1 Å². The Labute approximate surface area is 144 Å². The molecule has 24 heavy (non-hydrogen) atoms. The van der Waals surface area contributed by atoms with Crippen LogP contribution in [0.15, 0.2) is 53.6 Å². The van der Waals surface area contributed by atoms with Gasteiger partial charge in [-0.25, -0.2) is 5.43 Å². The van der Waals surface area contributed by atoms with Crippen molar-refractivity contribution in [3.63, 3.8) is 0 Å². The van der Waals surface area contributed by atoms with Crippen LogP contribution >= 0.6 is 11.6 Å². The van der Waals surface area contributed by atoms with Crippen molar-refractivity contribution in [1.82, 2.24) is 10.7 Å². The summed E-state index contributed by atoms with van der Waals surface area (Å²) in [7, 11) is 1.51. The SMILES string of the molecule is COc1ccc(Cl)cc1/C=N\NC(=O)C(=O)NCc1ccccc1. The second kappa shape index (κ2) is 8.69. The highest BCUT2D eigenvalue weighted by Crippen LogP contribution is 2.20. The molecule has 0 radical (unpaired) electrons. The van der Waals surface area contributed by atoms with E-state index in [9.17, 15) is 9.59 Å². The first kappa shape index (κ1) is 17.5. The van der Waals surface area contributed by atoms with Crippen LogP contribution < -0.4 is 15.5 Å². The molecule has 0 unspecified atom stereocenters. The van der Waals surface area contributed by atoms with E-state index in [-0.39, 0.29) is 6.54 Å². The summed E-state index contributed by atoms with van der Waals surface area (Å²) >= 11 is 5.90. The van der Waals surface area contributed by atoms with Gasteiger partial charge in [0, 0.05) is 17.1 Å². The second-order valence-electron chi connectivity index (χ2n) is 4.75. The number of hydrogen-bond acceptors (Lipinski definition) is 4. The summed E-state index contributed by atoms with van der Waals surface area (Å²) in [5.74, 6) is -1.08. The van der Waals surface area contributed by atoms with Crippen molar-refractivity contribution in [3.8, 4) is 5.75 Å². The number of ether oxygens (including phenoxy) is 1. The molecule has 0 spiro atoms. The van der Waals surface area contributed by atoms with Crippen LogP contribution in [0.4, 0.5) is 0 Å². The summed E-state index contributed by atoms with van der Waals surface area (Å²) in [6.45, 7) is 0.263. The van der Waals surface area contributed by atoms with Gasteiger partial charge in [0.15, 0.2) is 0 Å². The third-order valence-electron chi connectivity index (χ3n) is 3.06. The maximum absolute atomic E-state index is 11.7. The Morgan fingerprint density at radius 2 is 1.92 bits per heavy atom. The molecule has 0 aromatic heterocycles. The van der Waals surface area contributed by atoms with Crippen LogP contribution in [0.5, 0.6) is 5.75 Å². The summed E-state index contributed by atoms with van der Waals surface area (Å²) in [5.41, 5.74) is 3.63. The van der Waals surface area contributed by atoms with E-state index in [1.54, 1.807) is 18.2 Å². The van der Waals surface area contributed by atoms with Crippen molar-refractivity contribution >= 4 is 29.6 Å². The molecule has 2 aromatic rings. The predicted octanol–water partition coefficient (Wildman–Crippen LogP) is 2.12. The number of hydrazone groups is 1. The van der Waals surface area contributed by atoms with E-state index in [4.69, 9.17) is 16.3 Å². The van der Waals surface area contributed by atoms with Gasteiger partial charge in [0.05, 0.1) is 13.3 Å². The van der Waals surface area contributed by atoms with Gasteiger partial charge in [-0.05, 0) is 23.8 Å². The summed E-state index contributed by atoms with van der Waals surface area (Å²) in [6.07, 6.45) is 1.35. The largest absolute Gasteiger partial charge is 0.496 e. The highest BCUT2D eigenvalue weighted by Gasteiger charge is 2.11. The molecule has 124 valence electrons. The number of methoxy groups -OCH3 is 1. The van der Waals surface area contributed by atoms with E-state index in [1.807, 2.05) is 30.3 Å². The maximum atomic E-state index is 11.7. The monoisotopic (exact) mass is 345 g/mol. The zero-order valence-corrected chi connectivity index (χ0v) is 13.7. The van der Waals surface area contributed by atoms with Crippen LogP contribution in [-0.2, 0) is 16.1 Å². The maximum Gasteiger partial charge on any atom is 0.329 e. The number of amides is 2. The molecule has 0 bridgehead atoms. The molecule has 0 atom stereocenters. The highest BCUT2D eigenvalue weighted by molar-refractivity contribution is 6.35. The fourth-order valence-corrected chi connectivity index (χ4v) is 2.06. The van der Waals surface area contributed by atoms with Crippen molar-refractivity contribution in [3.05, 3.63) is 64.7 Å². The number of carbonyl (C=O) groups excluding carboxylic acids is 2. The van der Waals surface area contributed by atoms with Crippen LogP contribution in [0, 0.1) is 0 Å². The zero-order valence-electron chi connectivity index (χ0n) is 13.0. The molecule has 0 aliphatic heterocycles. The number of hydrogen-bond donors (Lipinski definition) is 2. The standard InChI is InChI=1S/C17H16ClN3O3/c1-24-15-8-7-14(18)9-13(15)11-20-21-17(23)16(22)19-10-12-5-3-2-4-6-12/h2-9,11H,10H2,1H3,(H,19,22)(H,21,23)/b20-11-. The number of benzene rings is 2. The lowest BCUT2D eigenvalue weighted by atomic mass is 10.2. The van der Waals surface area contributed by atoms with Crippen LogP contribution in [0.25, 0.3) is 0 Å². The number of nitrogens with zero attached hydrogens (tertiary/aromatic N) is 1. The zero-order chi connectivity index (χ0) is 17.4. The Kier molecular flexibility index (Phi) is 6.33. The van der Waals surface area contributed by atoms with E-state index < -0.39 is 11.8 Å². The Hall–Kier alpha value is -2.86. The van der Waals surface area contributed by atoms with Gasteiger partial charge in [-0.15, -0.1) is 0 Å². The minimum absolute atomic E-state index is 0.263. The van der Waals surface area contributed by atoms with E-state index in [0.29, 0.717) is 16.3 Å². The van der Waals surface area contributed by atoms with Crippen molar-refractivity contribution < 1.29 is 14.3 Å². The minimum Gasteiger partial charge on any atom is -0.496 e. The van der Waals surface area contributed by atoms with Crippen LogP contribution in [0.3, 0.4) is 0 Å². The summed E-state index contributed by atoms with van der Waals surface area (Å²) in [6, 6.07) is 14.3. The number of halogens is 1. The molecule has 2 N–H and O–H groups in total. The lowest BCUT2D eigenvalue weighted by Crippen LogP contribution is -2.37. The quantitative estimate of drug-likeness (QED) is 0.495. The molecule has 6 nitrogen and oxygen atoms in total. The summed E-state index contributed by atoms with van der Waals surface area (Å²) in [4.78, 5) is 23.4. The number of nitrogens with one attached hydrogen (secondary N) is 2. The Morgan fingerprint density at radius 3 is 2.62 bits per heavy atom. The van der Waals surface area contributed by atoms with Gasteiger partial charge < -0.3 is 10.1 Å². The predicted molar refractivity (Wildman–Crippen MR) is 92.0 cm³/mol.